The Morgan fingerprint density at radius 1 is 1.06 bits per heavy atom. The van der Waals surface area contributed by atoms with E-state index in [4.69, 9.17) is 19.2 Å². The maximum atomic E-state index is 16.4. The number of hydrogen-bond donors (Lipinski definition) is 2. The topological polar surface area (TPSA) is 104 Å². The van der Waals surface area contributed by atoms with Crippen LogP contribution in [0.3, 0.4) is 0 Å². The van der Waals surface area contributed by atoms with Crippen molar-refractivity contribution in [2.75, 3.05) is 95.5 Å². The van der Waals surface area contributed by atoms with Crippen LogP contribution < -0.4 is 35.0 Å². The summed E-state index contributed by atoms with van der Waals surface area (Å²) >= 11 is 3.54. The first-order valence-electron chi connectivity index (χ1n) is 16.2. The fraction of sp³-hybridized carbons (Fsp3) is 0.515. The van der Waals surface area contributed by atoms with Crippen LogP contribution in [0.2, 0.25) is 0 Å². The highest BCUT2D eigenvalue weighted by atomic mass is 79.9. The molecule has 14 heteroatoms. The zero-order valence-corrected chi connectivity index (χ0v) is 30.2. The Balaban J connectivity index is 1.24. The summed E-state index contributed by atoms with van der Waals surface area (Å²) in [4.78, 5) is 16.3. The molecule has 2 saturated heterocycles. The van der Waals surface area contributed by atoms with E-state index in [2.05, 4.69) is 53.3 Å². The van der Waals surface area contributed by atoms with Crippen molar-refractivity contribution in [2.45, 2.75) is 32.2 Å². The molecule has 3 aliphatic heterocycles. The molecule has 3 aliphatic rings. The summed E-state index contributed by atoms with van der Waals surface area (Å²) in [6, 6.07) is 6.07. The number of hydrogen-bond acceptors (Lipinski definition) is 11. The Bertz CT molecular complexity index is 1660. The van der Waals surface area contributed by atoms with E-state index >= 15 is 4.39 Å². The number of benzene rings is 2. The lowest BCUT2D eigenvalue weighted by molar-refractivity contribution is 0.0981. The summed E-state index contributed by atoms with van der Waals surface area (Å²) in [7, 11) is 0.855. The van der Waals surface area contributed by atoms with Gasteiger partial charge in [0, 0.05) is 51.5 Å². The van der Waals surface area contributed by atoms with Crippen LogP contribution in [-0.4, -0.2) is 106 Å². The fourth-order valence-electron chi connectivity index (χ4n) is 6.72. The van der Waals surface area contributed by atoms with E-state index in [0.717, 1.165) is 57.7 Å². The molecule has 2 aromatic carbocycles. The van der Waals surface area contributed by atoms with Gasteiger partial charge in [0.15, 0.2) is 23.1 Å². The van der Waals surface area contributed by atoms with Crippen LogP contribution in [-0.2, 0) is 11.0 Å². The minimum Gasteiger partial charge on any atom is -0.492 e. The van der Waals surface area contributed by atoms with Gasteiger partial charge in [-0.1, -0.05) is 6.92 Å². The molecule has 0 unspecified atom stereocenters. The number of likely N-dealkylation sites (N-methyl/N-ethyl adjacent to an activating group) is 1. The standard InChI is InChI=1S/C33H44BrFN7O4P/c1-6-21-19-25(29(44-3)27(35)28(21)42-11-9-22(10-12-42)41-15-13-40(2)14-16-41)38-33-36-20-23(34)32(39-33)37-24-7-8-26-30(46-18-17-45-26)31(24)47(4,5)43/h7-8,19-20,22H,6,9-18H2,1-5H3,(H2,36,37,38,39). The molecule has 47 heavy (non-hydrogen) atoms. The maximum Gasteiger partial charge on any atom is 0.229 e. The van der Waals surface area contributed by atoms with Crippen molar-refractivity contribution < 1.29 is 23.2 Å². The molecule has 0 saturated carbocycles. The number of methoxy groups -OCH3 is 1. The van der Waals surface area contributed by atoms with Gasteiger partial charge in [-0.2, -0.15) is 4.98 Å². The maximum absolute atomic E-state index is 16.4. The number of piperidine rings is 1. The molecule has 2 fully saturated rings. The third kappa shape index (κ3) is 7.18. The van der Waals surface area contributed by atoms with Gasteiger partial charge in [0.1, 0.15) is 26.2 Å². The van der Waals surface area contributed by atoms with Gasteiger partial charge in [0.2, 0.25) is 5.95 Å². The fourth-order valence-corrected chi connectivity index (χ4v) is 8.38. The summed E-state index contributed by atoms with van der Waals surface area (Å²) in [5.74, 6) is 1.45. The Hall–Kier alpha value is -3.12. The second-order valence-electron chi connectivity index (χ2n) is 12.7. The Morgan fingerprint density at radius 3 is 2.47 bits per heavy atom. The summed E-state index contributed by atoms with van der Waals surface area (Å²) in [6.07, 6.45) is 4.27. The first-order valence-corrected chi connectivity index (χ1v) is 19.6. The molecular formula is C33H44BrFN7O4P. The second kappa shape index (κ2) is 14.2. The number of aromatic nitrogens is 2. The van der Waals surface area contributed by atoms with Crippen molar-refractivity contribution in [1.29, 1.82) is 0 Å². The van der Waals surface area contributed by atoms with Crippen LogP contribution in [0.5, 0.6) is 17.2 Å². The molecule has 6 rings (SSSR count). The Labute approximate surface area is 284 Å². The largest absolute Gasteiger partial charge is 0.492 e. The molecular weight excluding hydrogens is 688 g/mol. The third-order valence-corrected chi connectivity index (χ3v) is 11.3. The normalized spacial score (nSPS) is 17.9. The Morgan fingerprint density at radius 2 is 1.79 bits per heavy atom. The molecule has 1 aromatic heterocycles. The third-order valence-electron chi connectivity index (χ3n) is 9.16. The van der Waals surface area contributed by atoms with Crippen molar-refractivity contribution in [3.05, 3.63) is 40.2 Å². The molecule has 0 aliphatic carbocycles. The van der Waals surface area contributed by atoms with Crippen LogP contribution in [0.4, 0.5) is 33.2 Å². The van der Waals surface area contributed by atoms with Crippen LogP contribution in [0.25, 0.3) is 0 Å². The van der Waals surface area contributed by atoms with E-state index < -0.39 is 7.14 Å². The van der Waals surface area contributed by atoms with E-state index in [-0.39, 0.29) is 17.5 Å². The average molecular weight is 733 g/mol. The van der Waals surface area contributed by atoms with Gasteiger partial charge < -0.3 is 39.2 Å². The minimum atomic E-state index is -2.80. The first-order chi connectivity index (χ1) is 22.6. The molecule has 11 nitrogen and oxygen atoms in total. The molecule has 2 N–H and O–H groups in total. The Kier molecular flexibility index (Phi) is 10.2. The van der Waals surface area contributed by atoms with Gasteiger partial charge in [0.05, 0.1) is 33.9 Å². The summed E-state index contributed by atoms with van der Waals surface area (Å²) in [5.41, 5.74) is 2.53. The number of ether oxygens (including phenoxy) is 3. The van der Waals surface area contributed by atoms with Gasteiger partial charge in [-0.15, -0.1) is 0 Å². The highest BCUT2D eigenvalue weighted by Crippen LogP contribution is 2.47. The first kappa shape index (κ1) is 33.8. The number of nitrogens with zero attached hydrogens (tertiary/aromatic N) is 5. The van der Waals surface area contributed by atoms with Crippen LogP contribution in [0, 0.1) is 5.82 Å². The monoisotopic (exact) mass is 731 g/mol. The summed E-state index contributed by atoms with van der Waals surface area (Å²) in [5, 5.41) is 7.05. The lowest BCUT2D eigenvalue weighted by Crippen LogP contribution is -2.52. The number of nitrogens with one attached hydrogen (secondary N) is 2. The molecule has 0 bridgehead atoms. The molecule has 0 amide bonds. The zero-order chi connectivity index (χ0) is 33.3. The van der Waals surface area contributed by atoms with E-state index in [9.17, 15) is 4.57 Å². The second-order valence-corrected chi connectivity index (χ2v) is 16.7. The van der Waals surface area contributed by atoms with Crippen molar-refractivity contribution in [2.24, 2.45) is 0 Å². The van der Waals surface area contributed by atoms with Crippen molar-refractivity contribution in [1.82, 2.24) is 19.8 Å². The SMILES string of the molecule is CCc1cc(Nc2ncc(Br)c(Nc3ccc4c(c3P(C)(C)=O)OCCO4)n2)c(OC)c(F)c1N1CCC(N2CCN(C)CC2)CC1. The molecule has 254 valence electrons. The smallest absolute Gasteiger partial charge is 0.229 e. The van der Waals surface area contributed by atoms with Crippen molar-refractivity contribution >= 4 is 57.2 Å². The van der Waals surface area contributed by atoms with Gasteiger partial charge >= 0.3 is 0 Å². The van der Waals surface area contributed by atoms with E-state index in [1.165, 1.54) is 7.11 Å². The predicted molar refractivity (Wildman–Crippen MR) is 189 cm³/mol. The molecule has 3 aromatic rings. The summed E-state index contributed by atoms with van der Waals surface area (Å²) < 4.78 is 47.6. The number of fused-ring (bicyclic) bond motifs is 1. The quantitative estimate of drug-likeness (QED) is 0.266. The lowest BCUT2D eigenvalue weighted by Gasteiger charge is -2.43. The number of aryl methyl sites for hydroxylation is 1. The lowest BCUT2D eigenvalue weighted by atomic mass is 9.99. The van der Waals surface area contributed by atoms with Gasteiger partial charge in [-0.25, -0.2) is 9.37 Å². The number of piperazine rings is 1. The number of halogens is 2. The van der Waals surface area contributed by atoms with Crippen LogP contribution in [0.15, 0.2) is 28.9 Å². The molecule has 0 radical (unpaired) electrons. The number of rotatable bonds is 9. The van der Waals surface area contributed by atoms with Gasteiger partial charge in [-0.3, -0.25) is 4.90 Å². The van der Waals surface area contributed by atoms with Crippen molar-refractivity contribution in [3.8, 4) is 17.2 Å². The van der Waals surface area contributed by atoms with Crippen LogP contribution in [0.1, 0.15) is 25.3 Å². The van der Waals surface area contributed by atoms with Crippen molar-refractivity contribution in [3.63, 3.8) is 0 Å². The molecule has 0 atom stereocenters. The average Bonchev–Trinajstić information content (AvgIpc) is 3.06. The van der Waals surface area contributed by atoms with E-state index in [1.807, 2.05) is 19.1 Å². The predicted octanol–water partition coefficient (Wildman–Crippen LogP) is 5.67. The highest BCUT2D eigenvalue weighted by molar-refractivity contribution is 9.10. The minimum absolute atomic E-state index is 0.117. The number of anilines is 5. The highest BCUT2D eigenvalue weighted by Gasteiger charge is 2.31. The summed E-state index contributed by atoms with van der Waals surface area (Å²) in [6.45, 7) is 12.2. The zero-order valence-electron chi connectivity index (χ0n) is 27.7. The molecule has 4 heterocycles. The van der Waals surface area contributed by atoms with Gasteiger partial charge in [-0.05, 0) is 79.3 Å². The van der Waals surface area contributed by atoms with Gasteiger partial charge in [0.25, 0.3) is 0 Å². The van der Waals surface area contributed by atoms with Crippen LogP contribution >= 0.6 is 23.1 Å². The van der Waals surface area contributed by atoms with E-state index in [1.54, 1.807) is 25.6 Å². The molecule has 0 spiro atoms. The van der Waals surface area contributed by atoms with E-state index in [0.29, 0.717) is 69.8 Å².